The Kier molecular flexibility index (Phi) is 8.69. The summed E-state index contributed by atoms with van der Waals surface area (Å²) in [6, 6.07) is 72.2. The predicted molar refractivity (Wildman–Crippen MR) is 272 cm³/mol. The van der Waals surface area contributed by atoms with Crippen LogP contribution in [0.15, 0.2) is 215 Å². The molecule has 13 rings (SSSR count). The number of nitrogens with zero attached hydrogens (tertiary/aromatic N) is 5. The van der Waals surface area contributed by atoms with Crippen molar-refractivity contribution in [2.75, 3.05) is 9.80 Å². The predicted octanol–water partition coefficient (Wildman–Crippen LogP) is 16.6. The summed E-state index contributed by atoms with van der Waals surface area (Å²) < 4.78 is 30.1. The van der Waals surface area contributed by atoms with E-state index in [0.29, 0.717) is 11.1 Å². The third kappa shape index (κ3) is 6.10. The summed E-state index contributed by atoms with van der Waals surface area (Å²) in [7, 11) is 0. The number of rotatable bonds is 7. The van der Waals surface area contributed by atoms with Crippen LogP contribution in [0.2, 0.25) is 0 Å². The monoisotopic (exact) mass is 875 g/mol. The van der Waals surface area contributed by atoms with Gasteiger partial charge in [0.2, 0.25) is 0 Å². The third-order valence-corrected chi connectivity index (χ3v) is 13.1. The molecule has 0 fully saturated rings. The quantitative estimate of drug-likeness (QED) is 0.159. The van der Waals surface area contributed by atoms with Crippen molar-refractivity contribution in [3.05, 3.63) is 223 Å². The molecule has 0 aliphatic heterocycles. The van der Waals surface area contributed by atoms with E-state index in [2.05, 4.69) is 118 Å². The summed E-state index contributed by atoms with van der Waals surface area (Å²) in [5.41, 5.74) is 12.1. The lowest BCUT2D eigenvalue weighted by Gasteiger charge is -2.26. The lowest BCUT2D eigenvalue weighted by Crippen LogP contribution is -2.10. The number of anilines is 6. The molecule has 0 atom stereocenters. The number of hydrogen-bond donors (Lipinski definition) is 0. The van der Waals surface area contributed by atoms with Gasteiger partial charge in [-0.2, -0.15) is 10.5 Å². The highest BCUT2D eigenvalue weighted by Crippen LogP contribution is 2.46. The van der Waals surface area contributed by atoms with E-state index in [0.717, 1.165) is 116 Å². The molecule has 0 aliphatic rings. The van der Waals surface area contributed by atoms with Crippen molar-refractivity contribution in [2.45, 2.75) is 0 Å². The van der Waals surface area contributed by atoms with Crippen molar-refractivity contribution >= 4 is 111 Å². The topological polar surface area (TPSA) is 85.3 Å². The molecule has 0 spiro atoms. The molecule has 68 heavy (non-hydrogen) atoms. The molecule has 8 heteroatoms. The number of aromatic nitrogens is 1. The van der Waals surface area contributed by atoms with Crippen LogP contribution in [-0.2, 0) is 0 Å². The van der Waals surface area contributed by atoms with Crippen LogP contribution in [0, 0.1) is 28.5 Å². The van der Waals surface area contributed by atoms with E-state index >= 15 is 0 Å². The van der Waals surface area contributed by atoms with Gasteiger partial charge < -0.3 is 23.2 Å². The Morgan fingerprint density at radius 3 is 1.47 bits per heavy atom. The van der Waals surface area contributed by atoms with Crippen molar-refractivity contribution in [1.29, 1.82) is 10.5 Å². The standard InChI is InChI=1S/C60H34FN5O2/c61-41-20-27-44(28-21-41)66-55-33-40-31-45(64(42-22-15-37(35-62)16-23-42)53-11-5-9-50-48-7-1-3-13-57(48)67-59(50)53)26-19-39(40)32-52(55)47-30-29-46(34-56(47)66)65(43-24-17-38(36-63)18-25-43)54-12-6-10-51-49-8-2-4-14-58(49)68-60(51)54/h1-34H. The molecule has 0 bridgehead atoms. The van der Waals surface area contributed by atoms with Crippen LogP contribution in [-0.4, -0.2) is 4.57 Å². The van der Waals surface area contributed by atoms with Gasteiger partial charge >= 0.3 is 0 Å². The van der Waals surface area contributed by atoms with Gasteiger partial charge in [-0.15, -0.1) is 0 Å². The number of benzene rings is 10. The zero-order valence-corrected chi connectivity index (χ0v) is 36.1. The molecule has 13 aromatic rings. The maximum absolute atomic E-state index is 14.7. The number of para-hydroxylation sites is 4. The molecule has 0 N–H and O–H groups in total. The molecule has 0 amide bonds. The van der Waals surface area contributed by atoms with Crippen LogP contribution in [0.4, 0.5) is 38.5 Å². The fourth-order valence-electron chi connectivity index (χ4n) is 9.92. The van der Waals surface area contributed by atoms with Crippen LogP contribution in [0.25, 0.3) is 82.1 Å². The van der Waals surface area contributed by atoms with Crippen LogP contribution < -0.4 is 9.80 Å². The van der Waals surface area contributed by atoms with E-state index in [4.69, 9.17) is 8.83 Å². The number of halogens is 1. The molecule has 3 aromatic heterocycles. The summed E-state index contributed by atoms with van der Waals surface area (Å²) in [6.45, 7) is 0. The SMILES string of the molecule is N#Cc1ccc(N(c2ccc3cc4c5ccc(N(c6ccc(C#N)cc6)c6cccc7c6oc6ccccc67)cc5n(-c5ccc(F)cc5)c4cc3c2)c2cccc3c2oc2ccccc23)cc1. The second-order valence-corrected chi connectivity index (χ2v) is 16.9. The number of hydrogen-bond acceptors (Lipinski definition) is 6. The van der Waals surface area contributed by atoms with Crippen LogP contribution >= 0.6 is 0 Å². The zero-order valence-electron chi connectivity index (χ0n) is 36.1. The fraction of sp³-hybridized carbons (Fsp3) is 0. The van der Waals surface area contributed by atoms with Crippen LogP contribution in [0.1, 0.15) is 11.1 Å². The highest BCUT2D eigenvalue weighted by molar-refractivity contribution is 6.16. The van der Waals surface area contributed by atoms with Gasteiger partial charge in [0.1, 0.15) is 17.0 Å². The van der Waals surface area contributed by atoms with E-state index in [1.165, 1.54) is 12.1 Å². The molecule has 0 saturated carbocycles. The fourth-order valence-corrected chi connectivity index (χ4v) is 9.92. The maximum Gasteiger partial charge on any atom is 0.159 e. The minimum Gasteiger partial charge on any atom is -0.454 e. The van der Waals surface area contributed by atoms with Gasteiger partial charge in [-0.1, -0.05) is 72.8 Å². The van der Waals surface area contributed by atoms with Gasteiger partial charge in [-0.25, -0.2) is 4.39 Å². The van der Waals surface area contributed by atoms with E-state index in [1.807, 2.05) is 103 Å². The molecule has 0 saturated heterocycles. The summed E-state index contributed by atoms with van der Waals surface area (Å²) in [4.78, 5) is 4.35. The van der Waals surface area contributed by atoms with Crippen molar-refractivity contribution in [2.24, 2.45) is 0 Å². The van der Waals surface area contributed by atoms with Gasteiger partial charge in [0.15, 0.2) is 11.2 Å². The second kappa shape index (κ2) is 15.2. The lowest BCUT2D eigenvalue weighted by atomic mass is 10.0. The van der Waals surface area contributed by atoms with E-state index < -0.39 is 0 Å². The molecule has 3 heterocycles. The molecule has 318 valence electrons. The molecule has 0 unspecified atom stereocenters. The van der Waals surface area contributed by atoms with Crippen molar-refractivity contribution < 1.29 is 13.2 Å². The lowest BCUT2D eigenvalue weighted by molar-refractivity contribution is 0.627. The first-order valence-electron chi connectivity index (χ1n) is 22.2. The average molecular weight is 876 g/mol. The van der Waals surface area contributed by atoms with Crippen LogP contribution in [0.3, 0.4) is 0 Å². The van der Waals surface area contributed by atoms with Crippen molar-refractivity contribution in [1.82, 2.24) is 4.57 Å². The third-order valence-electron chi connectivity index (χ3n) is 13.1. The highest BCUT2D eigenvalue weighted by Gasteiger charge is 2.24. The largest absolute Gasteiger partial charge is 0.454 e. The van der Waals surface area contributed by atoms with Gasteiger partial charge in [-0.05, 0) is 144 Å². The molecule has 0 radical (unpaired) electrons. The Hall–Kier alpha value is -9.63. The molecule has 10 aromatic carbocycles. The first kappa shape index (κ1) is 38.8. The number of fused-ring (bicyclic) bond motifs is 10. The van der Waals surface area contributed by atoms with Gasteiger partial charge in [-0.3, -0.25) is 0 Å². The second-order valence-electron chi connectivity index (χ2n) is 16.9. The number of furan rings is 2. The molecule has 0 aliphatic carbocycles. The van der Waals surface area contributed by atoms with Gasteiger partial charge in [0.25, 0.3) is 0 Å². The Bertz CT molecular complexity index is 4250. The molecular formula is C60H34FN5O2. The first-order chi connectivity index (χ1) is 33.5. The maximum atomic E-state index is 14.7. The summed E-state index contributed by atoms with van der Waals surface area (Å²) in [5.74, 6) is -0.321. The van der Waals surface area contributed by atoms with E-state index in [-0.39, 0.29) is 5.82 Å². The van der Waals surface area contributed by atoms with Crippen LogP contribution in [0.5, 0.6) is 0 Å². The van der Waals surface area contributed by atoms with Crippen molar-refractivity contribution in [3.8, 4) is 17.8 Å². The Labute approximate surface area is 388 Å². The van der Waals surface area contributed by atoms with Crippen molar-refractivity contribution in [3.63, 3.8) is 0 Å². The minimum atomic E-state index is -0.321. The average Bonchev–Trinajstić information content (AvgIpc) is 4.07. The Balaban J connectivity index is 1.04. The first-order valence-corrected chi connectivity index (χ1v) is 22.2. The normalized spacial score (nSPS) is 11.6. The summed E-state index contributed by atoms with van der Waals surface area (Å²) in [6.07, 6.45) is 0. The Morgan fingerprint density at radius 1 is 0.397 bits per heavy atom. The Morgan fingerprint density at radius 2 is 0.897 bits per heavy atom. The zero-order chi connectivity index (χ0) is 45.5. The molecule has 7 nitrogen and oxygen atoms in total. The number of nitriles is 2. The smallest absolute Gasteiger partial charge is 0.159 e. The van der Waals surface area contributed by atoms with E-state index in [9.17, 15) is 14.9 Å². The van der Waals surface area contributed by atoms with E-state index in [1.54, 1.807) is 0 Å². The molecular weight excluding hydrogens is 842 g/mol. The highest BCUT2D eigenvalue weighted by atomic mass is 19.1. The minimum absolute atomic E-state index is 0.321. The summed E-state index contributed by atoms with van der Waals surface area (Å²) >= 11 is 0. The van der Waals surface area contributed by atoms with Gasteiger partial charge in [0, 0.05) is 60.8 Å². The van der Waals surface area contributed by atoms with Gasteiger partial charge in [0.05, 0.1) is 45.7 Å². The summed E-state index contributed by atoms with van der Waals surface area (Å²) in [5, 5.41) is 27.6.